The molecule has 0 saturated heterocycles. The van der Waals surface area contributed by atoms with Gasteiger partial charge in [-0.3, -0.25) is 3.07 Å². The maximum absolute atomic E-state index is 12.8. The lowest BCUT2D eigenvalue weighted by atomic mass is 10.0. The highest BCUT2D eigenvalue weighted by molar-refractivity contribution is 14.1. The number of carbonyl (C=O) groups is 1. The number of benzene rings is 2. The topological polar surface area (TPSA) is 54.4 Å². The molecular formula is C12H6F3IO3. The molecule has 2 rings (SSSR count). The van der Waals surface area contributed by atoms with E-state index in [4.69, 9.17) is 5.11 Å². The van der Waals surface area contributed by atoms with Gasteiger partial charge < -0.3 is 5.11 Å². The van der Waals surface area contributed by atoms with Gasteiger partial charge in [-0.1, -0.05) is 12.1 Å². The van der Waals surface area contributed by atoms with Gasteiger partial charge in [0.05, 0.1) is 14.7 Å². The van der Waals surface area contributed by atoms with Gasteiger partial charge in [-0.15, -0.1) is 0 Å². The second-order valence-electron chi connectivity index (χ2n) is 3.74. The number of hydrogen-bond acceptors (Lipinski definition) is 2. The number of carboxylic acids is 1. The fourth-order valence-electron chi connectivity index (χ4n) is 1.77. The van der Waals surface area contributed by atoms with Gasteiger partial charge in [-0.2, -0.15) is 13.2 Å². The third-order valence-electron chi connectivity index (χ3n) is 2.59. The molecule has 0 amide bonds. The molecule has 0 atom stereocenters. The summed E-state index contributed by atoms with van der Waals surface area (Å²) in [6.07, 6.45) is -4.54. The van der Waals surface area contributed by atoms with Crippen molar-refractivity contribution in [3.05, 3.63) is 45.0 Å². The first-order valence-electron chi connectivity index (χ1n) is 4.99. The van der Waals surface area contributed by atoms with E-state index >= 15 is 0 Å². The van der Waals surface area contributed by atoms with E-state index in [2.05, 4.69) is 0 Å². The maximum Gasteiger partial charge on any atom is 0.417 e. The normalized spacial score (nSPS) is 11.7. The molecule has 0 fully saturated rings. The maximum atomic E-state index is 12.8. The molecule has 0 aliphatic heterocycles. The molecule has 0 aliphatic rings. The van der Waals surface area contributed by atoms with Crippen LogP contribution in [0.25, 0.3) is 10.8 Å². The number of fused-ring (bicyclic) bond motifs is 1. The van der Waals surface area contributed by atoms with Crippen LogP contribution in [-0.4, -0.2) is 11.1 Å². The van der Waals surface area contributed by atoms with Crippen LogP contribution in [-0.2, 0) is 9.25 Å². The summed E-state index contributed by atoms with van der Waals surface area (Å²) in [5, 5.41) is 8.97. The largest absolute Gasteiger partial charge is 0.478 e. The number of carboxylic acid groups (broad SMARTS) is 1. The molecule has 0 heterocycles. The van der Waals surface area contributed by atoms with E-state index in [1.807, 2.05) is 0 Å². The van der Waals surface area contributed by atoms with Gasteiger partial charge in [0.1, 0.15) is 0 Å². The summed E-state index contributed by atoms with van der Waals surface area (Å²) < 4.78 is 49.5. The van der Waals surface area contributed by atoms with E-state index in [0.29, 0.717) is 0 Å². The molecule has 0 bridgehead atoms. The van der Waals surface area contributed by atoms with Crippen LogP contribution < -0.4 is 0 Å². The minimum Gasteiger partial charge on any atom is -0.478 e. The smallest absolute Gasteiger partial charge is 0.417 e. The molecular weight excluding hydrogens is 376 g/mol. The molecule has 3 nitrogen and oxygen atoms in total. The van der Waals surface area contributed by atoms with E-state index in [-0.39, 0.29) is 19.9 Å². The van der Waals surface area contributed by atoms with Crippen LogP contribution in [0.2, 0.25) is 0 Å². The van der Waals surface area contributed by atoms with Crippen molar-refractivity contribution in [2.75, 3.05) is 0 Å². The van der Waals surface area contributed by atoms with E-state index in [0.717, 1.165) is 18.2 Å². The van der Waals surface area contributed by atoms with Crippen LogP contribution in [0.1, 0.15) is 15.9 Å². The van der Waals surface area contributed by atoms with Crippen LogP contribution >= 0.6 is 21.2 Å². The quantitative estimate of drug-likeness (QED) is 0.798. The average molecular weight is 382 g/mol. The van der Waals surface area contributed by atoms with Crippen molar-refractivity contribution in [3.63, 3.8) is 0 Å². The van der Waals surface area contributed by atoms with Gasteiger partial charge in [0.15, 0.2) is 21.2 Å². The number of aromatic carboxylic acids is 1. The molecule has 19 heavy (non-hydrogen) atoms. The van der Waals surface area contributed by atoms with Crippen molar-refractivity contribution in [1.82, 2.24) is 0 Å². The van der Waals surface area contributed by atoms with Gasteiger partial charge in [0.25, 0.3) is 0 Å². The van der Waals surface area contributed by atoms with Crippen molar-refractivity contribution in [2.45, 2.75) is 6.18 Å². The number of alkyl halides is 3. The van der Waals surface area contributed by atoms with Crippen LogP contribution in [0.4, 0.5) is 13.2 Å². The first-order chi connectivity index (χ1) is 8.84. The molecule has 7 heteroatoms. The minimum atomic E-state index is -4.54. The highest BCUT2D eigenvalue weighted by Gasteiger charge is 2.32. The lowest BCUT2D eigenvalue weighted by Crippen LogP contribution is -2.07. The number of halogens is 4. The second kappa shape index (κ2) is 4.87. The lowest BCUT2D eigenvalue weighted by Gasteiger charge is -2.11. The molecule has 0 spiro atoms. The molecule has 2 aromatic rings. The fraction of sp³-hybridized carbons (Fsp3) is 0.0833. The average Bonchev–Trinajstić information content (AvgIpc) is 2.35. The SMILES string of the molecule is O=Ic1cc2c(C(F)(F)F)cccc2cc1C(=O)O. The molecule has 0 aromatic heterocycles. The van der Waals surface area contributed by atoms with Crippen molar-refractivity contribution >= 4 is 37.9 Å². The van der Waals surface area contributed by atoms with Crippen LogP contribution in [0.3, 0.4) is 0 Å². The fourth-order valence-corrected chi connectivity index (χ4v) is 2.84. The highest BCUT2D eigenvalue weighted by atomic mass is 127. The van der Waals surface area contributed by atoms with E-state index < -0.39 is 38.9 Å². The molecule has 0 unspecified atom stereocenters. The molecule has 1 N–H and O–H groups in total. The Balaban J connectivity index is 2.85. The summed E-state index contributed by atoms with van der Waals surface area (Å²) in [5.41, 5.74) is -1.07. The van der Waals surface area contributed by atoms with Gasteiger partial charge in [-0.25, -0.2) is 4.79 Å². The molecule has 100 valence electrons. The Bertz CT molecular complexity index is 680. The van der Waals surface area contributed by atoms with Crippen molar-refractivity contribution in [2.24, 2.45) is 0 Å². The van der Waals surface area contributed by atoms with Crippen LogP contribution in [0.15, 0.2) is 30.3 Å². The van der Waals surface area contributed by atoms with Gasteiger partial charge >= 0.3 is 12.1 Å². The van der Waals surface area contributed by atoms with Crippen molar-refractivity contribution < 1.29 is 26.1 Å². The summed E-state index contributed by atoms with van der Waals surface area (Å²) in [7, 11) is 0. The van der Waals surface area contributed by atoms with Crippen LogP contribution in [0.5, 0.6) is 0 Å². The summed E-state index contributed by atoms with van der Waals surface area (Å²) in [6.45, 7) is 0. The Hall–Kier alpha value is -1.51. The Labute approximate surface area is 115 Å². The molecule has 0 saturated carbocycles. The Morgan fingerprint density at radius 2 is 1.89 bits per heavy atom. The van der Waals surface area contributed by atoms with E-state index in [1.165, 1.54) is 12.1 Å². The third-order valence-corrected chi connectivity index (χ3v) is 3.95. The summed E-state index contributed by atoms with van der Waals surface area (Å²) in [4.78, 5) is 11.0. The Morgan fingerprint density at radius 3 is 2.42 bits per heavy atom. The van der Waals surface area contributed by atoms with E-state index in [9.17, 15) is 21.0 Å². The number of rotatable bonds is 2. The summed E-state index contributed by atoms with van der Waals surface area (Å²) in [5.74, 6) is -1.30. The Morgan fingerprint density at radius 1 is 1.21 bits per heavy atom. The van der Waals surface area contributed by atoms with Crippen molar-refractivity contribution in [1.29, 1.82) is 0 Å². The zero-order chi connectivity index (χ0) is 14.2. The van der Waals surface area contributed by atoms with Gasteiger partial charge in [-0.05, 0) is 29.0 Å². The molecule has 0 radical (unpaired) electrons. The monoisotopic (exact) mass is 382 g/mol. The molecule has 0 aliphatic carbocycles. The molecule has 2 aromatic carbocycles. The Kier molecular flexibility index (Phi) is 3.57. The summed E-state index contributed by atoms with van der Waals surface area (Å²) in [6, 6.07) is 5.70. The van der Waals surface area contributed by atoms with Gasteiger partial charge in [0.2, 0.25) is 0 Å². The van der Waals surface area contributed by atoms with Crippen LogP contribution in [0, 0.1) is 3.57 Å². The first-order valence-corrected chi connectivity index (χ1v) is 6.95. The van der Waals surface area contributed by atoms with Crippen molar-refractivity contribution in [3.8, 4) is 0 Å². The predicted octanol–water partition coefficient (Wildman–Crippen LogP) is 4.04. The summed E-state index contributed by atoms with van der Waals surface area (Å²) >= 11 is -1.87. The highest BCUT2D eigenvalue weighted by Crippen LogP contribution is 2.36. The lowest BCUT2D eigenvalue weighted by molar-refractivity contribution is -0.136. The zero-order valence-corrected chi connectivity index (χ0v) is 11.3. The van der Waals surface area contributed by atoms with E-state index in [1.54, 1.807) is 0 Å². The third kappa shape index (κ3) is 2.60. The standard InChI is InChI=1S/C12H6F3IO3/c13-12(14,15)9-3-1-2-6-4-8(11(17)18)10(16-19)5-7(6)9/h1-5H,(H,17,18). The van der Waals surface area contributed by atoms with Gasteiger partial charge in [0, 0.05) is 0 Å². The second-order valence-corrected chi connectivity index (χ2v) is 5.34. The predicted molar refractivity (Wildman–Crippen MR) is 69.3 cm³/mol. The zero-order valence-electron chi connectivity index (χ0n) is 9.16. The first kappa shape index (κ1) is 13.9. The number of hydrogen-bond donors (Lipinski definition) is 1. The minimum absolute atomic E-state index is 0.0458.